The first-order chi connectivity index (χ1) is 17.9. The van der Waals surface area contributed by atoms with Crippen LogP contribution in [0.25, 0.3) is 11.0 Å². The standard InChI is InChI=1S/C23H27N7O6S2/c1-14(2)8-12-30-22-16(5-3-9-24-22)20(31)19(23(30)32)21-25-17-7-6-15(13-18(17)37(33,34)27-21)26-38(35,36)28-29-10-4-11-29/h3,5-7,9,13-14,26,28,31H,4,8,10-12H2,1-2H3,(H,25,27). The van der Waals surface area contributed by atoms with E-state index in [1.165, 1.54) is 27.9 Å². The van der Waals surface area contributed by atoms with E-state index < -0.39 is 31.5 Å². The second-order valence-corrected chi connectivity index (χ2v) is 12.5. The molecule has 4 N–H and O–H groups in total. The Morgan fingerprint density at radius 2 is 1.97 bits per heavy atom. The highest BCUT2D eigenvalue weighted by molar-refractivity contribution is 7.91. The van der Waals surface area contributed by atoms with Crippen molar-refractivity contribution in [2.45, 2.75) is 38.1 Å². The van der Waals surface area contributed by atoms with Gasteiger partial charge in [0.05, 0.1) is 16.8 Å². The SMILES string of the molecule is CC(C)CCn1c(=O)c(C2=NS(=O)(=O)c3cc(NS(=O)(=O)NN4CCC4)ccc3N2)c(O)c2cccnc21. The third-order valence-corrected chi connectivity index (χ3v) is 8.56. The van der Waals surface area contributed by atoms with E-state index in [0.717, 1.165) is 12.5 Å². The molecule has 0 amide bonds. The summed E-state index contributed by atoms with van der Waals surface area (Å²) < 4.78 is 58.5. The number of anilines is 2. The van der Waals surface area contributed by atoms with E-state index in [-0.39, 0.29) is 44.6 Å². The van der Waals surface area contributed by atoms with Crippen molar-refractivity contribution in [2.75, 3.05) is 23.1 Å². The fourth-order valence-corrected chi connectivity index (χ4v) is 6.31. The van der Waals surface area contributed by atoms with Crippen molar-refractivity contribution in [1.29, 1.82) is 0 Å². The Labute approximate surface area is 219 Å². The first kappa shape index (κ1) is 26.1. The van der Waals surface area contributed by atoms with Crippen molar-refractivity contribution in [2.24, 2.45) is 10.3 Å². The molecule has 2 aromatic heterocycles. The molecule has 13 nitrogen and oxygen atoms in total. The number of nitrogens with one attached hydrogen (secondary N) is 3. The predicted octanol–water partition coefficient (Wildman–Crippen LogP) is 1.58. The van der Waals surface area contributed by atoms with Gasteiger partial charge in [0.2, 0.25) is 0 Å². The number of aryl methyl sites for hydroxylation is 1. The first-order valence-electron chi connectivity index (χ1n) is 12.0. The lowest BCUT2D eigenvalue weighted by Crippen LogP contribution is -2.51. The quantitative estimate of drug-likeness (QED) is 0.318. The van der Waals surface area contributed by atoms with Gasteiger partial charge in [-0.1, -0.05) is 13.8 Å². The molecule has 15 heteroatoms. The number of amidine groups is 1. The van der Waals surface area contributed by atoms with E-state index in [1.807, 2.05) is 13.8 Å². The van der Waals surface area contributed by atoms with Crippen LogP contribution in [-0.4, -0.2) is 55.4 Å². The molecular formula is C23H27N7O6S2. The number of benzene rings is 1. The Morgan fingerprint density at radius 1 is 1.21 bits per heavy atom. The molecular weight excluding hydrogens is 534 g/mol. The molecule has 2 aliphatic heterocycles. The Kier molecular flexibility index (Phi) is 6.63. The molecule has 202 valence electrons. The number of hydrogen-bond donors (Lipinski definition) is 4. The number of pyridine rings is 2. The lowest BCUT2D eigenvalue weighted by Gasteiger charge is -2.30. The number of hydrazine groups is 1. The molecule has 2 aliphatic rings. The van der Waals surface area contributed by atoms with Crippen molar-refractivity contribution in [1.82, 2.24) is 19.4 Å². The molecule has 1 aromatic carbocycles. The molecule has 0 spiro atoms. The van der Waals surface area contributed by atoms with Crippen LogP contribution in [0.3, 0.4) is 0 Å². The third kappa shape index (κ3) is 4.97. The van der Waals surface area contributed by atoms with Crippen molar-refractivity contribution in [3.8, 4) is 5.75 Å². The van der Waals surface area contributed by atoms with Crippen LogP contribution < -0.4 is 20.4 Å². The predicted molar refractivity (Wildman–Crippen MR) is 143 cm³/mol. The fraction of sp³-hybridized carbons (Fsp3) is 0.348. The number of fused-ring (bicyclic) bond motifs is 2. The summed E-state index contributed by atoms with van der Waals surface area (Å²) in [6, 6.07) is 7.07. The maximum atomic E-state index is 13.5. The van der Waals surface area contributed by atoms with Crippen LogP contribution in [-0.2, 0) is 26.8 Å². The summed E-state index contributed by atoms with van der Waals surface area (Å²) in [4.78, 5) is 19.9. The number of nitrogens with zero attached hydrogens (tertiary/aromatic N) is 4. The van der Waals surface area contributed by atoms with Gasteiger partial charge in [-0.15, -0.1) is 9.23 Å². The number of aromatic hydroxyl groups is 1. The Morgan fingerprint density at radius 3 is 2.66 bits per heavy atom. The second kappa shape index (κ2) is 9.65. The molecule has 0 atom stereocenters. The number of hydrogen-bond acceptors (Lipinski definition) is 9. The minimum atomic E-state index is -4.37. The van der Waals surface area contributed by atoms with E-state index in [9.17, 15) is 26.7 Å². The highest BCUT2D eigenvalue weighted by atomic mass is 32.2. The van der Waals surface area contributed by atoms with Gasteiger partial charge in [-0.3, -0.25) is 14.1 Å². The molecule has 4 heterocycles. The number of rotatable bonds is 8. The molecule has 38 heavy (non-hydrogen) atoms. The van der Waals surface area contributed by atoms with Crippen molar-refractivity contribution in [3.63, 3.8) is 0 Å². The molecule has 1 saturated heterocycles. The van der Waals surface area contributed by atoms with E-state index >= 15 is 0 Å². The van der Waals surface area contributed by atoms with Crippen LogP contribution in [0.15, 0.2) is 50.6 Å². The van der Waals surface area contributed by atoms with Crippen LogP contribution in [0.4, 0.5) is 11.4 Å². The Hall–Kier alpha value is -3.53. The summed E-state index contributed by atoms with van der Waals surface area (Å²) >= 11 is 0. The van der Waals surface area contributed by atoms with Crippen LogP contribution in [0, 0.1) is 5.92 Å². The van der Waals surface area contributed by atoms with Crippen molar-refractivity contribution in [3.05, 3.63) is 52.4 Å². The smallest absolute Gasteiger partial charge is 0.312 e. The summed E-state index contributed by atoms with van der Waals surface area (Å²) in [6.45, 7) is 5.49. The lowest BCUT2D eigenvalue weighted by molar-refractivity contribution is 0.152. The molecule has 5 rings (SSSR count). The van der Waals surface area contributed by atoms with Gasteiger partial charge < -0.3 is 10.4 Å². The molecule has 0 unspecified atom stereocenters. The average molecular weight is 562 g/mol. The highest BCUT2D eigenvalue weighted by Gasteiger charge is 2.31. The zero-order valence-electron chi connectivity index (χ0n) is 20.7. The monoisotopic (exact) mass is 561 g/mol. The first-order valence-corrected chi connectivity index (χ1v) is 14.9. The van der Waals surface area contributed by atoms with Crippen LogP contribution in [0.1, 0.15) is 32.3 Å². The minimum Gasteiger partial charge on any atom is -0.506 e. The van der Waals surface area contributed by atoms with Crippen molar-refractivity contribution >= 4 is 48.5 Å². The largest absolute Gasteiger partial charge is 0.506 e. The van der Waals surface area contributed by atoms with E-state index in [1.54, 1.807) is 12.1 Å². The van der Waals surface area contributed by atoms with Crippen LogP contribution in [0.2, 0.25) is 0 Å². The molecule has 0 aliphatic carbocycles. The van der Waals surface area contributed by atoms with Crippen LogP contribution in [0.5, 0.6) is 5.75 Å². The van der Waals surface area contributed by atoms with Gasteiger partial charge in [-0.25, -0.2) is 9.99 Å². The average Bonchev–Trinajstić information content (AvgIpc) is 2.81. The van der Waals surface area contributed by atoms with E-state index in [4.69, 9.17) is 0 Å². The fourth-order valence-electron chi connectivity index (χ4n) is 4.16. The maximum absolute atomic E-state index is 13.5. The van der Waals surface area contributed by atoms with Gasteiger partial charge >= 0.3 is 10.2 Å². The molecule has 0 radical (unpaired) electrons. The van der Waals surface area contributed by atoms with Gasteiger partial charge in [-0.2, -0.15) is 16.8 Å². The summed E-state index contributed by atoms with van der Waals surface area (Å²) in [6.07, 6.45) is 3.04. The summed E-state index contributed by atoms with van der Waals surface area (Å²) in [5.74, 6) is -0.495. The number of sulfonamides is 1. The molecule has 3 aromatic rings. The zero-order valence-corrected chi connectivity index (χ0v) is 22.3. The topological polar surface area (TPSA) is 175 Å². The zero-order chi connectivity index (χ0) is 27.2. The van der Waals surface area contributed by atoms with Gasteiger partial charge in [0.1, 0.15) is 21.9 Å². The van der Waals surface area contributed by atoms with Gasteiger partial charge in [0, 0.05) is 25.8 Å². The van der Waals surface area contributed by atoms with Gasteiger partial charge in [0.15, 0.2) is 5.84 Å². The molecule has 1 fully saturated rings. The third-order valence-electron chi connectivity index (χ3n) is 6.24. The normalized spacial score (nSPS) is 17.0. The van der Waals surface area contributed by atoms with Crippen LogP contribution >= 0.6 is 0 Å². The number of aromatic nitrogens is 2. The maximum Gasteiger partial charge on any atom is 0.312 e. The second-order valence-electron chi connectivity index (χ2n) is 9.53. The van der Waals surface area contributed by atoms with E-state index in [0.29, 0.717) is 26.1 Å². The van der Waals surface area contributed by atoms with Gasteiger partial charge in [-0.05, 0) is 49.1 Å². The summed E-state index contributed by atoms with van der Waals surface area (Å²) in [7, 11) is -8.34. The Bertz CT molecular complexity index is 1730. The summed E-state index contributed by atoms with van der Waals surface area (Å²) in [5.41, 5.74) is -0.570. The minimum absolute atomic E-state index is 0.0106. The Balaban J connectivity index is 1.54. The lowest BCUT2D eigenvalue weighted by atomic mass is 10.1. The van der Waals surface area contributed by atoms with E-state index in [2.05, 4.69) is 24.3 Å². The molecule has 0 bridgehead atoms. The molecule has 0 saturated carbocycles. The highest BCUT2D eigenvalue weighted by Crippen LogP contribution is 2.33. The summed E-state index contributed by atoms with van der Waals surface area (Å²) in [5, 5.41) is 15.6. The van der Waals surface area contributed by atoms with Crippen molar-refractivity contribution < 1.29 is 21.9 Å². The van der Waals surface area contributed by atoms with Gasteiger partial charge in [0.25, 0.3) is 15.6 Å².